The van der Waals surface area contributed by atoms with E-state index in [1.54, 1.807) is 0 Å². The van der Waals surface area contributed by atoms with Crippen molar-refractivity contribution in [3.63, 3.8) is 0 Å². The van der Waals surface area contributed by atoms with Crippen molar-refractivity contribution >= 4 is 5.96 Å². The maximum atomic E-state index is 5.90. The van der Waals surface area contributed by atoms with Gasteiger partial charge >= 0.3 is 0 Å². The van der Waals surface area contributed by atoms with Gasteiger partial charge in [-0.05, 0) is 46.2 Å². The molecule has 1 saturated heterocycles. The number of hydrogen-bond donors (Lipinski definition) is 2. The zero-order valence-corrected chi connectivity index (χ0v) is 18.0. The molecule has 0 aromatic heterocycles. The molecule has 0 amide bonds. The van der Waals surface area contributed by atoms with Crippen molar-refractivity contribution in [3.8, 4) is 0 Å². The summed E-state index contributed by atoms with van der Waals surface area (Å²) in [4.78, 5) is 7.13. The summed E-state index contributed by atoms with van der Waals surface area (Å²) in [5.41, 5.74) is 1.34. The lowest BCUT2D eigenvalue weighted by molar-refractivity contribution is 0.0347. The number of guanidine groups is 1. The van der Waals surface area contributed by atoms with Crippen LogP contribution < -0.4 is 10.6 Å². The number of rotatable bonds is 11. The van der Waals surface area contributed by atoms with E-state index in [2.05, 4.69) is 73.7 Å². The largest absolute Gasteiger partial charge is 0.379 e. The number of aliphatic imine (C=N–C) groups is 1. The summed E-state index contributed by atoms with van der Waals surface area (Å²) in [6, 6.07) is 11.3. The highest BCUT2D eigenvalue weighted by atomic mass is 16.5. The van der Waals surface area contributed by atoms with Crippen LogP contribution in [0.25, 0.3) is 0 Å². The normalized spacial score (nSPS) is 19.6. The molecule has 0 aliphatic carbocycles. The first-order valence-electron chi connectivity index (χ1n) is 10.6. The minimum Gasteiger partial charge on any atom is -0.379 e. The molecule has 6 heteroatoms. The molecule has 1 aliphatic rings. The summed E-state index contributed by atoms with van der Waals surface area (Å²) >= 11 is 0. The third kappa shape index (κ3) is 8.59. The van der Waals surface area contributed by atoms with Crippen molar-refractivity contribution in [2.75, 3.05) is 40.0 Å². The van der Waals surface area contributed by atoms with E-state index in [0.29, 0.717) is 12.6 Å². The van der Waals surface area contributed by atoms with Crippen molar-refractivity contribution < 1.29 is 9.47 Å². The molecule has 1 heterocycles. The summed E-state index contributed by atoms with van der Waals surface area (Å²) < 4.78 is 11.3. The van der Waals surface area contributed by atoms with E-state index in [9.17, 15) is 0 Å². The van der Waals surface area contributed by atoms with E-state index < -0.39 is 0 Å². The van der Waals surface area contributed by atoms with Crippen LogP contribution in [0.1, 0.15) is 39.2 Å². The van der Waals surface area contributed by atoms with Gasteiger partial charge < -0.3 is 20.1 Å². The van der Waals surface area contributed by atoms with E-state index in [0.717, 1.165) is 51.6 Å². The summed E-state index contributed by atoms with van der Waals surface area (Å²) in [6.45, 7) is 11.3. The molecule has 2 N–H and O–H groups in total. The highest BCUT2D eigenvalue weighted by molar-refractivity contribution is 5.80. The molecule has 1 aromatic rings. The number of ether oxygens (including phenoxy) is 2. The molecule has 0 spiro atoms. The lowest BCUT2D eigenvalue weighted by atomic mass is 10.1. The Morgan fingerprint density at radius 3 is 2.79 bits per heavy atom. The van der Waals surface area contributed by atoms with Crippen molar-refractivity contribution in [1.29, 1.82) is 0 Å². The fourth-order valence-corrected chi connectivity index (χ4v) is 3.13. The second kappa shape index (κ2) is 12.8. The van der Waals surface area contributed by atoms with Gasteiger partial charge in [-0.25, -0.2) is 0 Å². The van der Waals surface area contributed by atoms with Gasteiger partial charge in [-0.3, -0.25) is 9.89 Å². The Labute approximate surface area is 170 Å². The molecule has 0 radical (unpaired) electrons. The van der Waals surface area contributed by atoms with Gasteiger partial charge in [0, 0.05) is 38.3 Å². The van der Waals surface area contributed by atoms with Gasteiger partial charge in [-0.1, -0.05) is 30.3 Å². The minimum atomic E-state index is 0.205. The van der Waals surface area contributed by atoms with Gasteiger partial charge in [0.25, 0.3) is 0 Å². The highest BCUT2D eigenvalue weighted by Gasteiger charge is 2.17. The molecule has 1 aliphatic heterocycles. The van der Waals surface area contributed by atoms with Crippen molar-refractivity contribution in [2.24, 2.45) is 4.99 Å². The lowest BCUT2D eigenvalue weighted by Crippen LogP contribution is -2.44. The van der Waals surface area contributed by atoms with Crippen LogP contribution in [-0.2, 0) is 16.0 Å². The smallest absolute Gasteiger partial charge is 0.191 e. The highest BCUT2D eigenvalue weighted by Crippen LogP contribution is 2.09. The Kier molecular flexibility index (Phi) is 10.3. The van der Waals surface area contributed by atoms with Crippen LogP contribution in [-0.4, -0.2) is 69.0 Å². The molecule has 1 aromatic carbocycles. The van der Waals surface area contributed by atoms with E-state index in [-0.39, 0.29) is 12.1 Å². The van der Waals surface area contributed by atoms with E-state index in [1.165, 1.54) is 5.56 Å². The van der Waals surface area contributed by atoms with E-state index >= 15 is 0 Å². The second-order valence-corrected chi connectivity index (χ2v) is 7.66. The Hall–Kier alpha value is -1.63. The zero-order chi connectivity index (χ0) is 20.2. The Balaban J connectivity index is 1.72. The molecule has 3 atom stereocenters. The SMILES string of the molecule is CCNC(=NCCC(C)N(C)Cc1ccccc1)NC(C)COC1CCOC1. The molecule has 28 heavy (non-hydrogen) atoms. The third-order valence-electron chi connectivity index (χ3n) is 5.04. The van der Waals surface area contributed by atoms with Gasteiger partial charge in [-0.15, -0.1) is 0 Å². The molecule has 158 valence electrons. The first-order valence-corrected chi connectivity index (χ1v) is 10.6. The quantitative estimate of drug-likeness (QED) is 0.449. The van der Waals surface area contributed by atoms with Crippen LogP contribution in [0.15, 0.2) is 35.3 Å². The van der Waals surface area contributed by atoms with Crippen LogP contribution >= 0.6 is 0 Å². The molecular weight excluding hydrogens is 352 g/mol. The monoisotopic (exact) mass is 390 g/mol. The summed E-state index contributed by atoms with van der Waals surface area (Å²) in [6.07, 6.45) is 2.25. The van der Waals surface area contributed by atoms with Crippen LogP contribution in [0.3, 0.4) is 0 Å². The van der Waals surface area contributed by atoms with Gasteiger partial charge in [0.1, 0.15) is 0 Å². The van der Waals surface area contributed by atoms with E-state index in [4.69, 9.17) is 14.5 Å². The maximum absolute atomic E-state index is 5.90. The molecule has 2 rings (SSSR count). The number of hydrogen-bond acceptors (Lipinski definition) is 4. The summed E-state index contributed by atoms with van der Waals surface area (Å²) in [5.74, 6) is 0.860. The van der Waals surface area contributed by atoms with Crippen LogP contribution in [0.4, 0.5) is 0 Å². The predicted molar refractivity (Wildman–Crippen MR) is 116 cm³/mol. The fourth-order valence-electron chi connectivity index (χ4n) is 3.13. The van der Waals surface area contributed by atoms with Crippen molar-refractivity contribution in [1.82, 2.24) is 15.5 Å². The molecular formula is C22H38N4O2. The first-order chi connectivity index (χ1) is 13.6. The summed E-state index contributed by atoms with van der Waals surface area (Å²) in [7, 11) is 2.18. The average molecular weight is 391 g/mol. The lowest BCUT2D eigenvalue weighted by Gasteiger charge is -2.24. The van der Waals surface area contributed by atoms with Gasteiger partial charge in [0.05, 0.1) is 19.3 Å². The standard InChI is InChI=1S/C22H38N4O2/c1-5-23-22(25-18(2)16-28-21-12-14-27-17-21)24-13-11-19(3)26(4)15-20-9-7-6-8-10-20/h6-10,18-19,21H,5,11-17H2,1-4H3,(H2,23,24,25). The molecule has 6 nitrogen and oxygen atoms in total. The number of nitrogens with zero attached hydrogens (tertiary/aromatic N) is 2. The topological polar surface area (TPSA) is 58.1 Å². The van der Waals surface area contributed by atoms with Crippen LogP contribution in [0.2, 0.25) is 0 Å². The average Bonchev–Trinajstić information content (AvgIpc) is 3.21. The molecule has 0 saturated carbocycles. The van der Waals surface area contributed by atoms with Crippen molar-refractivity contribution in [2.45, 2.75) is 58.3 Å². The van der Waals surface area contributed by atoms with Crippen LogP contribution in [0, 0.1) is 0 Å². The van der Waals surface area contributed by atoms with Gasteiger partial charge in [0.2, 0.25) is 0 Å². The minimum absolute atomic E-state index is 0.205. The fraction of sp³-hybridized carbons (Fsp3) is 0.682. The Morgan fingerprint density at radius 1 is 1.32 bits per heavy atom. The predicted octanol–water partition coefficient (Wildman–Crippen LogP) is 2.65. The molecule has 3 unspecified atom stereocenters. The van der Waals surface area contributed by atoms with Crippen LogP contribution in [0.5, 0.6) is 0 Å². The molecule has 1 fully saturated rings. The van der Waals surface area contributed by atoms with Gasteiger partial charge in [0.15, 0.2) is 5.96 Å². The maximum Gasteiger partial charge on any atom is 0.191 e. The number of nitrogens with one attached hydrogen (secondary N) is 2. The Morgan fingerprint density at radius 2 is 2.11 bits per heavy atom. The zero-order valence-electron chi connectivity index (χ0n) is 18.0. The number of benzene rings is 1. The van der Waals surface area contributed by atoms with Gasteiger partial charge in [-0.2, -0.15) is 0 Å². The third-order valence-corrected chi connectivity index (χ3v) is 5.04. The Bertz CT molecular complexity index is 561. The second-order valence-electron chi connectivity index (χ2n) is 7.66. The van der Waals surface area contributed by atoms with E-state index in [1.807, 2.05) is 0 Å². The summed E-state index contributed by atoms with van der Waals surface area (Å²) in [5, 5.41) is 6.77. The molecule has 0 bridgehead atoms. The van der Waals surface area contributed by atoms with Crippen molar-refractivity contribution in [3.05, 3.63) is 35.9 Å². The first kappa shape index (κ1) is 22.7.